The van der Waals surface area contributed by atoms with Crippen LogP contribution in [-0.2, 0) is 22.2 Å². The first-order valence-corrected chi connectivity index (χ1v) is 14.1. The van der Waals surface area contributed by atoms with Crippen LogP contribution in [0.2, 0.25) is 0 Å². The monoisotopic (exact) mass is 523 g/mol. The van der Waals surface area contributed by atoms with Crippen molar-refractivity contribution in [2.45, 2.75) is 52.2 Å². The minimum Gasteiger partial charge on any atom is -0.490 e. The van der Waals surface area contributed by atoms with Crippen LogP contribution in [0.5, 0.6) is 5.75 Å². The van der Waals surface area contributed by atoms with Crippen LogP contribution in [0.25, 0.3) is 21.1 Å². The zero-order valence-corrected chi connectivity index (χ0v) is 22.2. The normalized spacial score (nSPS) is 15.7. The van der Waals surface area contributed by atoms with Crippen LogP contribution in [0, 0.1) is 11.3 Å². The third-order valence-corrected chi connectivity index (χ3v) is 7.86. The molecule has 2 aromatic carbocycles. The first-order chi connectivity index (χ1) is 17.4. The topological polar surface area (TPSA) is 117 Å². The van der Waals surface area contributed by atoms with Crippen molar-refractivity contribution in [2.75, 3.05) is 12.3 Å². The van der Waals surface area contributed by atoms with Crippen LogP contribution in [-0.4, -0.2) is 38.7 Å². The van der Waals surface area contributed by atoms with E-state index in [2.05, 4.69) is 26.3 Å². The Bertz CT molecular complexity index is 1320. The number of fused-ring (bicyclic) bond motifs is 1. The van der Waals surface area contributed by atoms with Crippen molar-refractivity contribution >= 4 is 28.2 Å². The second kappa shape index (κ2) is 11.7. The van der Waals surface area contributed by atoms with Gasteiger partial charge in [-0.15, -0.1) is 10.2 Å². The van der Waals surface area contributed by atoms with Crippen LogP contribution in [0.1, 0.15) is 56.3 Å². The summed E-state index contributed by atoms with van der Waals surface area (Å²) in [7, 11) is -1.46. The number of rotatable bonds is 9. The third kappa shape index (κ3) is 5.98. The fourth-order valence-electron chi connectivity index (χ4n) is 4.29. The fraction of sp³-hybridized carbons (Fsp3) is 0.385. The molecule has 2 unspecified atom stereocenters. The average Bonchev–Trinajstić information content (AvgIpc) is 3.34. The molecule has 8 nitrogen and oxygen atoms in total. The molecule has 0 aliphatic heterocycles. The molecular formula is C26H29N5O3S2. The van der Waals surface area contributed by atoms with Gasteiger partial charge in [0.15, 0.2) is 0 Å². The maximum absolute atomic E-state index is 12.5. The van der Waals surface area contributed by atoms with Crippen LogP contribution in [0.3, 0.4) is 0 Å². The summed E-state index contributed by atoms with van der Waals surface area (Å²) in [5.41, 5.74) is 4.54. The predicted molar refractivity (Wildman–Crippen MR) is 142 cm³/mol. The number of amides is 1. The van der Waals surface area contributed by atoms with Gasteiger partial charge in [0.25, 0.3) is 0 Å². The molecule has 0 bridgehead atoms. The van der Waals surface area contributed by atoms with E-state index >= 15 is 0 Å². The highest BCUT2D eigenvalue weighted by atomic mass is 32.2. The van der Waals surface area contributed by atoms with Crippen LogP contribution >= 0.6 is 11.3 Å². The Morgan fingerprint density at radius 1 is 1.28 bits per heavy atom. The summed E-state index contributed by atoms with van der Waals surface area (Å²) in [5, 5.41) is 22.6. The molecule has 10 heteroatoms. The van der Waals surface area contributed by atoms with E-state index in [-0.39, 0.29) is 23.8 Å². The number of benzene rings is 2. The van der Waals surface area contributed by atoms with E-state index < -0.39 is 11.0 Å². The summed E-state index contributed by atoms with van der Waals surface area (Å²) in [6.45, 7) is 6.20. The first kappa shape index (κ1) is 25.9. The summed E-state index contributed by atoms with van der Waals surface area (Å²) in [6, 6.07) is 13.7. The van der Waals surface area contributed by atoms with Crippen molar-refractivity contribution in [1.29, 1.82) is 5.26 Å². The molecule has 1 amide bonds. The maximum Gasteiger partial charge on any atom is 0.233 e. The Kier molecular flexibility index (Phi) is 8.46. The van der Waals surface area contributed by atoms with Gasteiger partial charge in [0.05, 0.1) is 11.7 Å². The molecule has 36 heavy (non-hydrogen) atoms. The highest BCUT2D eigenvalue weighted by molar-refractivity contribution is 7.83. The number of aromatic nitrogens is 2. The first-order valence-electron chi connectivity index (χ1n) is 12.0. The minimum atomic E-state index is -1.46. The molecule has 188 valence electrons. The number of carbonyl (C=O) groups excluding carboxylic acids is 1. The molecule has 3 aromatic rings. The Hall–Kier alpha value is -3.13. The number of hydrogen-bond donors (Lipinski definition) is 2. The van der Waals surface area contributed by atoms with E-state index in [1.165, 1.54) is 11.3 Å². The lowest BCUT2D eigenvalue weighted by atomic mass is 9.85. The predicted octanol–water partition coefficient (Wildman–Crippen LogP) is 4.30. The number of carbonyl (C=O) groups is 1. The zero-order chi connectivity index (χ0) is 25.7. The summed E-state index contributed by atoms with van der Waals surface area (Å²) in [6.07, 6.45) is 2.65. The van der Waals surface area contributed by atoms with Crippen LogP contribution in [0.15, 0.2) is 36.4 Å². The molecular weight excluding hydrogens is 494 g/mol. The molecule has 2 atom stereocenters. The van der Waals surface area contributed by atoms with Crippen LogP contribution in [0.4, 0.5) is 0 Å². The van der Waals surface area contributed by atoms with Gasteiger partial charge in [0, 0.05) is 23.7 Å². The molecule has 0 spiro atoms. The number of nitrogens with zero attached hydrogens (tertiary/aromatic N) is 3. The van der Waals surface area contributed by atoms with Crippen molar-refractivity contribution in [1.82, 2.24) is 20.2 Å². The van der Waals surface area contributed by atoms with E-state index in [4.69, 9.17) is 4.74 Å². The van der Waals surface area contributed by atoms with Gasteiger partial charge >= 0.3 is 0 Å². The minimum absolute atomic E-state index is 0.0235. The SMILES string of the molecule is CCNC(=O)CS(=O)NC1CCCc2c(-c3nnc(-c4ccc(OC(C)C)c(C#N)c4)s3)cccc21. The zero-order valence-electron chi connectivity index (χ0n) is 20.5. The van der Waals surface area contributed by atoms with Gasteiger partial charge in [-0.3, -0.25) is 4.79 Å². The molecule has 1 aromatic heterocycles. The number of ether oxygens (including phenoxy) is 1. The molecule has 0 fully saturated rings. The Morgan fingerprint density at radius 3 is 2.83 bits per heavy atom. The van der Waals surface area contributed by atoms with Crippen molar-refractivity contribution in [3.63, 3.8) is 0 Å². The van der Waals surface area contributed by atoms with Crippen LogP contribution < -0.4 is 14.8 Å². The van der Waals surface area contributed by atoms with Gasteiger partial charge in [-0.25, -0.2) is 8.93 Å². The summed E-state index contributed by atoms with van der Waals surface area (Å²) >= 11 is 1.47. The van der Waals surface area contributed by atoms with Crippen molar-refractivity contribution in [2.24, 2.45) is 0 Å². The highest BCUT2D eigenvalue weighted by Crippen LogP contribution is 2.39. The Balaban J connectivity index is 1.58. The van der Waals surface area contributed by atoms with E-state index in [1.807, 2.05) is 45.0 Å². The maximum atomic E-state index is 12.5. The lowest BCUT2D eigenvalue weighted by Gasteiger charge is -2.27. The molecule has 0 saturated heterocycles. The van der Waals surface area contributed by atoms with E-state index in [1.54, 1.807) is 12.1 Å². The fourth-order valence-corrected chi connectivity index (χ4v) is 6.17. The van der Waals surface area contributed by atoms with Gasteiger partial charge in [0.2, 0.25) is 5.91 Å². The summed E-state index contributed by atoms with van der Waals surface area (Å²) in [4.78, 5) is 11.8. The Morgan fingerprint density at radius 2 is 2.08 bits per heavy atom. The standard InChI is InChI=1S/C26H29N5O3S2/c1-4-28-24(32)15-36(33)31-22-10-6-7-19-20(22)8-5-9-21(19)26-30-29-25(35-26)17-11-12-23(34-16(2)3)18(13-17)14-27/h5,8-9,11-13,16,22,31H,4,6-7,10,15H2,1-3H3,(H,28,32). The third-order valence-electron chi connectivity index (χ3n) is 5.78. The largest absolute Gasteiger partial charge is 0.490 e. The van der Waals surface area contributed by atoms with Crippen molar-refractivity contribution < 1.29 is 13.7 Å². The van der Waals surface area contributed by atoms with Gasteiger partial charge in [-0.1, -0.05) is 29.5 Å². The average molecular weight is 524 g/mol. The summed E-state index contributed by atoms with van der Waals surface area (Å²) < 4.78 is 21.4. The van der Waals surface area contributed by atoms with Gasteiger partial charge in [0.1, 0.15) is 38.6 Å². The van der Waals surface area contributed by atoms with Crippen molar-refractivity contribution in [3.05, 3.63) is 53.1 Å². The molecule has 2 N–H and O–H groups in total. The molecule has 1 aliphatic rings. The Labute approximate surface area is 217 Å². The number of nitrogens with one attached hydrogen (secondary N) is 2. The van der Waals surface area contributed by atoms with E-state index in [0.717, 1.165) is 51.5 Å². The van der Waals surface area contributed by atoms with E-state index in [0.29, 0.717) is 17.9 Å². The lowest BCUT2D eigenvalue weighted by Crippen LogP contribution is -2.35. The summed E-state index contributed by atoms with van der Waals surface area (Å²) in [5.74, 6) is 0.268. The van der Waals surface area contributed by atoms with Gasteiger partial charge in [-0.2, -0.15) is 5.26 Å². The second-order valence-corrected chi connectivity index (χ2v) is 11.0. The number of nitriles is 1. The molecule has 1 heterocycles. The smallest absolute Gasteiger partial charge is 0.233 e. The highest BCUT2D eigenvalue weighted by Gasteiger charge is 2.25. The molecule has 0 saturated carbocycles. The van der Waals surface area contributed by atoms with Gasteiger partial charge < -0.3 is 10.1 Å². The lowest BCUT2D eigenvalue weighted by molar-refractivity contribution is -0.118. The second-order valence-electron chi connectivity index (χ2n) is 8.78. The van der Waals surface area contributed by atoms with Crippen molar-refractivity contribution in [3.8, 4) is 33.0 Å². The molecule has 1 aliphatic carbocycles. The molecule has 4 rings (SSSR count). The molecule has 0 radical (unpaired) electrons. The number of hydrogen-bond acceptors (Lipinski definition) is 7. The van der Waals surface area contributed by atoms with Gasteiger partial charge in [-0.05, 0) is 69.4 Å². The quantitative estimate of drug-likeness (QED) is 0.432. The van der Waals surface area contributed by atoms with E-state index in [9.17, 15) is 14.3 Å².